The van der Waals surface area contributed by atoms with Crippen LogP contribution in [0.2, 0.25) is 0 Å². The summed E-state index contributed by atoms with van der Waals surface area (Å²) in [5.74, 6) is 2.28. The Labute approximate surface area is 82.8 Å². The third-order valence-corrected chi connectivity index (χ3v) is 3.12. The van der Waals surface area contributed by atoms with Crippen LogP contribution in [0.15, 0.2) is 12.1 Å². The Bertz CT molecular complexity index is 376. The van der Waals surface area contributed by atoms with Gasteiger partial charge in [0.05, 0.1) is 0 Å². The van der Waals surface area contributed by atoms with Crippen molar-refractivity contribution < 1.29 is 9.47 Å². The Morgan fingerprint density at radius 2 is 2.07 bits per heavy atom. The molecule has 0 amide bonds. The van der Waals surface area contributed by atoms with Crippen molar-refractivity contribution in [1.82, 2.24) is 0 Å². The van der Waals surface area contributed by atoms with Gasteiger partial charge in [-0.05, 0) is 48.6 Å². The lowest BCUT2D eigenvalue weighted by atomic mass is 10.0. The first-order valence-electron chi connectivity index (χ1n) is 5.01. The molecule has 0 bridgehead atoms. The number of aryl methyl sites for hydroxylation is 1. The maximum Gasteiger partial charge on any atom is 0.231 e. The number of hydrogen-bond acceptors (Lipinski definition) is 3. The minimum Gasteiger partial charge on any atom is -0.454 e. The Morgan fingerprint density at radius 3 is 2.86 bits per heavy atom. The van der Waals surface area contributed by atoms with E-state index in [2.05, 4.69) is 12.1 Å². The van der Waals surface area contributed by atoms with E-state index in [4.69, 9.17) is 15.2 Å². The van der Waals surface area contributed by atoms with Crippen LogP contribution in [0, 0.1) is 0 Å². The molecule has 2 aliphatic rings. The number of ether oxygens (including phenoxy) is 2. The van der Waals surface area contributed by atoms with Gasteiger partial charge in [-0.3, -0.25) is 0 Å². The van der Waals surface area contributed by atoms with Gasteiger partial charge in [-0.2, -0.15) is 0 Å². The molecular formula is C11H13NO2. The van der Waals surface area contributed by atoms with Gasteiger partial charge in [0, 0.05) is 0 Å². The number of nitrogens with two attached hydrogens (primary N) is 1. The second kappa shape index (κ2) is 2.89. The van der Waals surface area contributed by atoms with Crippen LogP contribution in [-0.4, -0.2) is 13.3 Å². The first-order chi connectivity index (χ1) is 6.88. The minimum atomic E-state index is 0.353. The molecule has 1 aromatic rings. The van der Waals surface area contributed by atoms with Gasteiger partial charge in [0.1, 0.15) is 0 Å². The van der Waals surface area contributed by atoms with E-state index in [0.717, 1.165) is 30.9 Å². The second-order valence-corrected chi connectivity index (χ2v) is 3.88. The van der Waals surface area contributed by atoms with Crippen LogP contribution in [0.4, 0.5) is 0 Å². The third kappa shape index (κ3) is 1.02. The first-order valence-corrected chi connectivity index (χ1v) is 5.01. The molecule has 0 saturated carbocycles. The predicted molar refractivity (Wildman–Crippen MR) is 52.7 cm³/mol. The predicted octanol–water partition coefficient (Wildman–Crippen LogP) is 1.40. The fourth-order valence-electron chi connectivity index (χ4n) is 2.33. The first kappa shape index (κ1) is 8.12. The molecule has 74 valence electrons. The number of rotatable bonds is 1. The van der Waals surface area contributed by atoms with Crippen LogP contribution in [0.3, 0.4) is 0 Å². The molecule has 0 aromatic heterocycles. The topological polar surface area (TPSA) is 44.5 Å². The van der Waals surface area contributed by atoms with Crippen LogP contribution in [0.25, 0.3) is 0 Å². The van der Waals surface area contributed by atoms with Crippen molar-refractivity contribution in [3.05, 3.63) is 23.3 Å². The third-order valence-electron chi connectivity index (χ3n) is 3.12. The van der Waals surface area contributed by atoms with E-state index in [1.54, 1.807) is 0 Å². The molecule has 3 heteroatoms. The van der Waals surface area contributed by atoms with Crippen molar-refractivity contribution >= 4 is 0 Å². The molecule has 1 atom stereocenters. The quantitative estimate of drug-likeness (QED) is 0.729. The van der Waals surface area contributed by atoms with Gasteiger partial charge < -0.3 is 15.2 Å². The van der Waals surface area contributed by atoms with Crippen molar-refractivity contribution in [2.75, 3.05) is 13.3 Å². The monoisotopic (exact) mass is 191 g/mol. The summed E-state index contributed by atoms with van der Waals surface area (Å²) in [7, 11) is 0. The van der Waals surface area contributed by atoms with Crippen LogP contribution < -0.4 is 15.2 Å². The van der Waals surface area contributed by atoms with Crippen molar-refractivity contribution in [1.29, 1.82) is 0 Å². The molecule has 2 N–H and O–H groups in total. The van der Waals surface area contributed by atoms with Crippen LogP contribution >= 0.6 is 0 Å². The molecular weight excluding hydrogens is 178 g/mol. The zero-order valence-corrected chi connectivity index (χ0v) is 7.95. The van der Waals surface area contributed by atoms with E-state index >= 15 is 0 Å². The van der Waals surface area contributed by atoms with E-state index in [1.807, 2.05) is 0 Å². The van der Waals surface area contributed by atoms with E-state index < -0.39 is 0 Å². The average Bonchev–Trinajstić information content (AvgIpc) is 2.78. The highest BCUT2D eigenvalue weighted by molar-refractivity contribution is 5.51. The number of hydrogen-bond donors (Lipinski definition) is 1. The Hall–Kier alpha value is -1.22. The molecule has 0 saturated heterocycles. The summed E-state index contributed by atoms with van der Waals surface area (Å²) in [4.78, 5) is 0. The summed E-state index contributed by atoms with van der Waals surface area (Å²) in [6, 6.07) is 4.20. The normalized spacial score (nSPS) is 22.5. The van der Waals surface area contributed by atoms with Gasteiger partial charge in [-0.25, -0.2) is 0 Å². The van der Waals surface area contributed by atoms with Crippen LogP contribution in [-0.2, 0) is 6.42 Å². The summed E-state index contributed by atoms with van der Waals surface area (Å²) >= 11 is 0. The largest absolute Gasteiger partial charge is 0.454 e. The molecule has 1 heterocycles. The molecule has 0 fully saturated rings. The Kier molecular flexibility index (Phi) is 1.67. The summed E-state index contributed by atoms with van der Waals surface area (Å²) in [6.45, 7) is 1.08. The van der Waals surface area contributed by atoms with Gasteiger partial charge in [0.25, 0.3) is 0 Å². The lowest BCUT2D eigenvalue weighted by molar-refractivity contribution is 0.174. The molecule has 1 aliphatic heterocycles. The fourth-order valence-corrected chi connectivity index (χ4v) is 2.33. The van der Waals surface area contributed by atoms with E-state index in [0.29, 0.717) is 12.7 Å². The summed E-state index contributed by atoms with van der Waals surface area (Å²) in [6.07, 6.45) is 2.28. The SMILES string of the molecule is NCC1CCc2cc3c(cc21)OCO3. The smallest absolute Gasteiger partial charge is 0.231 e. The van der Waals surface area contributed by atoms with Crippen molar-refractivity contribution in [2.45, 2.75) is 18.8 Å². The molecule has 0 radical (unpaired) electrons. The van der Waals surface area contributed by atoms with E-state index in [1.165, 1.54) is 11.1 Å². The fraction of sp³-hybridized carbons (Fsp3) is 0.455. The van der Waals surface area contributed by atoms with Crippen LogP contribution in [0.1, 0.15) is 23.5 Å². The van der Waals surface area contributed by atoms with E-state index in [9.17, 15) is 0 Å². The Morgan fingerprint density at radius 1 is 1.29 bits per heavy atom. The Balaban J connectivity index is 2.09. The highest BCUT2D eigenvalue weighted by atomic mass is 16.7. The van der Waals surface area contributed by atoms with Crippen LogP contribution in [0.5, 0.6) is 11.5 Å². The second-order valence-electron chi connectivity index (χ2n) is 3.88. The standard InChI is InChI=1S/C11H13NO2/c12-5-8-2-1-7-3-10-11(4-9(7)8)14-6-13-10/h3-4,8H,1-2,5-6,12H2. The van der Waals surface area contributed by atoms with Crippen molar-refractivity contribution in [3.8, 4) is 11.5 Å². The van der Waals surface area contributed by atoms with Crippen molar-refractivity contribution in [2.24, 2.45) is 5.73 Å². The maximum atomic E-state index is 5.72. The van der Waals surface area contributed by atoms with Gasteiger partial charge in [0.2, 0.25) is 6.79 Å². The van der Waals surface area contributed by atoms with Gasteiger partial charge in [0.15, 0.2) is 11.5 Å². The molecule has 3 rings (SSSR count). The molecule has 3 nitrogen and oxygen atoms in total. The molecule has 0 spiro atoms. The summed E-state index contributed by atoms with van der Waals surface area (Å²) in [5, 5.41) is 0. The van der Waals surface area contributed by atoms with Gasteiger partial charge >= 0.3 is 0 Å². The maximum absolute atomic E-state index is 5.72. The number of fused-ring (bicyclic) bond motifs is 2. The zero-order chi connectivity index (χ0) is 9.54. The highest BCUT2D eigenvalue weighted by Gasteiger charge is 2.25. The molecule has 1 unspecified atom stereocenters. The average molecular weight is 191 g/mol. The number of benzene rings is 1. The highest BCUT2D eigenvalue weighted by Crippen LogP contribution is 2.41. The van der Waals surface area contributed by atoms with E-state index in [-0.39, 0.29) is 0 Å². The van der Waals surface area contributed by atoms with Crippen molar-refractivity contribution in [3.63, 3.8) is 0 Å². The molecule has 14 heavy (non-hydrogen) atoms. The molecule has 1 aliphatic carbocycles. The summed E-state index contributed by atoms with van der Waals surface area (Å²) < 4.78 is 10.7. The lowest BCUT2D eigenvalue weighted by Gasteiger charge is -2.08. The zero-order valence-electron chi connectivity index (χ0n) is 7.95. The molecule has 1 aromatic carbocycles. The summed E-state index contributed by atoms with van der Waals surface area (Å²) in [5.41, 5.74) is 8.46. The van der Waals surface area contributed by atoms with Gasteiger partial charge in [-0.15, -0.1) is 0 Å². The van der Waals surface area contributed by atoms with Gasteiger partial charge in [-0.1, -0.05) is 0 Å². The minimum absolute atomic E-state index is 0.353. The lowest BCUT2D eigenvalue weighted by Crippen LogP contribution is -2.09.